The van der Waals surface area contributed by atoms with Crippen molar-refractivity contribution < 1.29 is 19.1 Å². The Bertz CT molecular complexity index is 1170. The van der Waals surface area contributed by atoms with Crippen LogP contribution in [0.15, 0.2) is 97.1 Å². The summed E-state index contributed by atoms with van der Waals surface area (Å²) in [5.74, 6) is 1.59. The quantitative estimate of drug-likeness (QED) is 0.279. The molecule has 0 aliphatic rings. The number of Topliss-reactive ketones (excluding diaryl/α,β-unsaturated/α-hetero) is 2. The highest BCUT2D eigenvalue weighted by Gasteiger charge is 2.09. The molecular formula is C30H27NO4. The van der Waals surface area contributed by atoms with E-state index in [1.165, 1.54) is 0 Å². The maximum absolute atomic E-state index is 12.5. The summed E-state index contributed by atoms with van der Waals surface area (Å²) in [6.07, 6.45) is 0.674. The average Bonchev–Trinajstić information content (AvgIpc) is 2.91. The maximum atomic E-state index is 12.5. The second-order valence-corrected chi connectivity index (χ2v) is 8.18. The van der Waals surface area contributed by atoms with E-state index in [4.69, 9.17) is 9.47 Å². The molecular weight excluding hydrogens is 438 g/mol. The van der Waals surface area contributed by atoms with E-state index < -0.39 is 0 Å². The van der Waals surface area contributed by atoms with Crippen molar-refractivity contribution in [2.45, 2.75) is 12.8 Å². The first-order valence-corrected chi connectivity index (χ1v) is 11.3. The molecule has 0 aliphatic heterocycles. The topological polar surface area (TPSA) is 64.6 Å². The van der Waals surface area contributed by atoms with Crippen molar-refractivity contribution >= 4 is 22.9 Å². The lowest BCUT2D eigenvalue weighted by molar-refractivity contribution is 0.0984. The molecule has 0 bridgehead atoms. The Morgan fingerprint density at radius 3 is 1.20 bits per heavy atom. The Morgan fingerprint density at radius 2 is 0.886 bits per heavy atom. The highest BCUT2D eigenvalue weighted by atomic mass is 16.5. The fourth-order valence-corrected chi connectivity index (χ4v) is 3.71. The van der Waals surface area contributed by atoms with Gasteiger partial charge in [-0.25, -0.2) is 0 Å². The molecule has 0 aliphatic carbocycles. The summed E-state index contributed by atoms with van der Waals surface area (Å²) in [4.78, 5) is 25.1. The third kappa shape index (κ3) is 6.36. The van der Waals surface area contributed by atoms with Crippen molar-refractivity contribution in [2.75, 3.05) is 19.5 Å². The average molecular weight is 466 g/mol. The number of ketones is 2. The number of hydrogen-bond acceptors (Lipinski definition) is 5. The van der Waals surface area contributed by atoms with Crippen molar-refractivity contribution in [1.82, 2.24) is 0 Å². The number of carbonyl (C=O) groups is 2. The van der Waals surface area contributed by atoms with Gasteiger partial charge >= 0.3 is 0 Å². The number of anilines is 2. The molecule has 0 radical (unpaired) electrons. The number of rotatable bonds is 10. The lowest BCUT2D eigenvalue weighted by Crippen LogP contribution is -2.04. The van der Waals surface area contributed by atoms with Gasteiger partial charge < -0.3 is 14.8 Å². The second kappa shape index (κ2) is 11.2. The first-order chi connectivity index (χ1) is 17.0. The lowest BCUT2D eigenvalue weighted by atomic mass is 10.0. The first-order valence-electron chi connectivity index (χ1n) is 11.3. The molecule has 4 aromatic carbocycles. The third-order valence-corrected chi connectivity index (χ3v) is 5.75. The minimum absolute atomic E-state index is 0.0631. The number of methoxy groups -OCH3 is 2. The summed E-state index contributed by atoms with van der Waals surface area (Å²) < 4.78 is 10.3. The largest absolute Gasteiger partial charge is 0.497 e. The molecule has 1 N–H and O–H groups in total. The number of ether oxygens (including phenoxy) is 2. The van der Waals surface area contributed by atoms with E-state index in [0.717, 1.165) is 34.0 Å². The van der Waals surface area contributed by atoms with E-state index in [0.29, 0.717) is 24.0 Å². The van der Waals surface area contributed by atoms with Gasteiger partial charge in [0.25, 0.3) is 0 Å². The second-order valence-electron chi connectivity index (χ2n) is 8.18. The number of hydrogen-bond donors (Lipinski definition) is 1. The molecule has 0 aromatic heterocycles. The van der Waals surface area contributed by atoms with Gasteiger partial charge in [-0.1, -0.05) is 24.3 Å². The van der Waals surface area contributed by atoms with Gasteiger partial charge in [0.15, 0.2) is 11.6 Å². The normalized spacial score (nSPS) is 10.5. The first kappa shape index (κ1) is 23.8. The van der Waals surface area contributed by atoms with Crippen LogP contribution in [-0.4, -0.2) is 25.8 Å². The van der Waals surface area contributed by atoms with Gasteiger partial charge in [-0.2, -0.15) is 0 Å². The Kier molecular flexibility index (Phi) is 7.58. The number of benzene rings is 4. The highest BCUT2D eigenvalue weighted by molar-refractivity contribution is 5.98. The minimum Gasteiger partial charge on any atom is -0.497 e. The van der Waals surface area contributed by atoms with E-state index >= 15 is 0 Å². The van der Waals surface area contributed by atoms with Crippen LogP contribution in [0.3, 0.4) is 0 Å². The van der Waals surface area contributed by atoms with Crippen LogP contribution in [0, 0.1) is 0 Å². The summed E-state index contributed by atoms with van der Waals surface area (Å²) in [6.45, 7) is 0. The number of carbonyl (C=O) groups excluding carboxylic acids is 2. The van der Waals surface area contributed by atoms with E-state index in [1.54, 1.807) is 62.8 Å². The molecule has 0 unspecified atom stereocenters. The summed E-state index contributed by atoms with van der Waals surface area (Å²) in [5, 5.41) is 3.36. The maximum Gasteiger partial charge on any atom is 0.167 e. The number of nitrogens with one attached hydrogen (secondary N) is 1. The van der Waals surface area contributed by atoms with Gasteiger partial charge in [-0.05, 0) is 83.9 Å². The van der Waals surface area contributed by atoms with Crippen LogP contribution in [0.25, 0.3) is 0 Å². The van der Waals surface area contributed by atoms with Crippen LogP contribution < -0.4 is 14.8 Å². The van der Waals surface area contributed by atoms with Crippen LogP contribution in [0.5, 0.6) is 11.5 Å². The summed E-state index contributed by atoms with van der Waals surface area (Å²) >= 11 is 0. The highest BCUT2D eigenvalue weighted by Crippen LogP contribution is 2.20. The summed E-state index contributed by atoms with van der Waals surface area (Å²) in [6, 6.07) is 29.9. The standard InChI is InChI=1S/C30H27NO4/c1-34-27-15-7-23(8-16-27)29(32)19-21-3-11-25(12-4-21)31-26-13-5-22(6-14-26)20-30(33)24-9-17-28(35-2)18-10-24/h3-18,31H,19-20H2,1-2H3. The van der Waals surface area contributed by atoms with Crippen molar-refractivity contribution in [1.29, 1.82) is 0 Å². The molecule has 4 aromatic rings. The molecule has 0 spiro atoms. The fraction of sp³-hybridized carbons (Fsp3) is 0.133. The zero-order valence-electron chi connectivity index (χ0n) is 19.8. The Morgan fingerprint density at radius 1 is 0.543 bits per heavy atom. The van der Waals surface area contributed by atoms with Crippen molar-refractivity contribution in [3.63, 3.8) is 0 Å². The molecule has 0 atom stereocenters. The van der Waals surface area contributed by atoms with E-state index in [1.807, 2.05) is 48.5 Å². The molecule has 5 nitrogen and oxygen atoms in total. The molecule has 176 valence electrons. The van der Waals surface area contributed by atoms with Gasteiger partial charge in [-0.3, -0.25) is 9.59 Å². The van der Waals surface area contributed by atoms with Gasteiger partial charge in [0.2, 0.25) is 0 Å². The third-order valence-electron chi connectivity index (χ3n) is 5.75. The summed E-state index contributed by atoms with van der Waals surface area (Å²) in [7, 11) is 3.21. The zero-order chi connectivity index (χ0) is 24.6. The predicted octanol–water partition coefficient (Wildman–Crippen LogP) is 6.30. The smallest absolute Gasteiger partial charge is 0.167 e. The molecule has 0 heterocycles. The van der Waals surface area contributed by atoms with Crippen molar-refractivity contribution in [2.24, 2.45) is 0 Å². The molecule has 35 heavy (non-hydrogen) atoms. The Balaban J connectivity index is 1.31. The van der Waals surface area contributed by atoms with Crippen LogP contribution >= 0.6 is 0 Å². The minimum atomic E-state index is 0.0631. The zero-order valence-corrected chi connectivity index (χ0v) is 19.8. The molecule has 5 heteroatoms. The molecule has 0 saturated heterocycles. The predicted molar refractivity (Wildman–Crippen MR) is 138 cm³/mol. The van der Waals surface area contributed by atoms with Crippen LogP contribution in [-0.2, 0) is 12.8 Å². The van der Waals surface area contributed by atoms with E-state index in [2.05, 4.69) is 5.32 Å². The van der Waals surface area contributed by atoms with Crippen LogP contribution in [0.4, 0.5) is 11.4 Å². The fourth-order valence-electron chi connectivity index (χ4n) is 3.71. The monoisotopic (exact) mass is 465 g/mol. The van der Waals surface area contributed by atoms with Gasteiger partial charge in [0, 0.05) is 35.3 Å². The van der Waals surface area contributed by atoms with Crippen LogP contribution in [0.2, 0.25) is 0 Å². The van der Waals surface area contributed by atoms with Gasteiger partial charge in [0.05, 0.1) is 14.2 Å². The molecule has 0 fully saturated rings. The Labute approximate surface area is 205 Å². The molecule has 4 rings (SSSR count). The molecule has 0 saturated carbocycles. The Hall–Kier alpha value is -4.38. The lowest BCUT2D eigenvalue weighted by Gasteiger charge is -2.09. The molecule has 0 amide bonds. The van der Waals surface area contributed by atoms with E-state index in [9.17, 15) is 9.59 Å². The van der Waals surface area contributed by atoms with Crippen LogP contribution in [0.1, 0.15) is 31.8 Å². The SMILES string of the molecule is COc1ccc(C(=O)Cc2ccc(Nc3ccc(CC(=O)c4ccc(OC)cc4)cc3)cc2)cc1. The van der Waals surface area contributed by atoms with Gasteiger partial charge in [0.1, 0.15) is 11.5 Å². The van der Waals surface area contributed by atoms with E-state index in [-0.39, 0.29) is 11.6 Å². The van der Waals surface area contributed by atoms with Crippen molar-refractivity contribution in [3.05, 3.63) is 119 Å². The summed E-state index contributed by atoms with van der Waals surface area (Å²) in [5.41, 5.74) is 5.07. The van der Waals surface area contributed by atoms with Crippen molar-refractivity contribution in [3.8, 4) is 11.5 Å². The van der Waals surface area contributed by atoms with Gasteiger partial charge in [-0.15, -0.1) is 0 Å².